The Bertz CT molecular complexity index is 427. The van der Waals surface area contributed by atoms with Crippen LogP contribution in [-0.4, -0.2) is 28.3 Å². The Balaban J connectivity index is 2.05. The number of amides is 1. The molecule has 1 aromatic rings. The summed E-state index contributed by atoms with van der Waals surface area (Å²) in [6.45, 7) is 5.09. The van der Waals surface area contributed by atoms with Crippen LogP contribution in [0.1, 0.15) is 32.4 Å². The predicted molar refractivity (Wildman–Crippen MR) is 71.4 cm³/mol. The second-order valence-corrected chi connectivity index (χ2v) is 5.06. The van der Waals surface area contributed by atoms with Crippen molar-refractivity contribution in [2.45, 2.75) is 39.2 Å². The first-order valence-corrected chi connectivity index (χ1v) is 6.68. The van der Waals surface area contributed by atoms with Crippen LogP contribution in [-0.2, 0) is 18.3 Å². The highest BCUT2D eigenvalue weighted by Gasteiger charge is 2.27. The third-order valence-electron chi connectivity index (χ3n) is 3.55. The van der Waals surface area contributed by atoms with E-state index in [-0.39, 0.29) is 11.9 Å². The fraction of sp³-hybridized carbons (Fsp3) is 0.692. The number of carbonyl (C=O) groups excluding carboxylic acids is 1. The van der Waals surface area contributed by atoms with Crippen molar-refractivity contribution >= 4 is 11.6 Å². The Morgan fingerprint density at radius 3 is 3.11 bits per heavy atom. The number of anilines is 1. The first-order chi connectivity index (χ1) is 8.61. The lowest BCUT2D eigenvalue weighted by molar-refractivity contribution is -0.119. The van der Waals surface area contributed by atoms with Crippen molar-refractivity contribution in [1.29, 1.82) is 0 Å². The van der Waals surface area contributed by atoms with Crippen LogP contribution in [0.3, 0.4) is 0 Å². The Morgan fingerprint density at radius 2 is 2.44 bits per heavy atom. The maximum Gasteiger partial charge on any atom is 0.241 e. The zero-order chi connectivity index (χ0) is 13.1. The highest BCUT2D eigenvalue weighted by molar-refractivity contribution is 5.95. The van der Waals surface area contributed by atoms with Crippen molar-refractivity contribution in [3.05, 3.63) is 11.9 Å². The number of aryl methyl sites for hydroxylation is 2. The van der Waals surface area contributed by atoms with Crippen LogP contribution < -0.4 is 10.6 Å². The summed E-state index contributed by atoms with van der Waals surface area (Å²) in [7, 11) is 1.87. The van der Waals surface area contributed by atoms with Gasteiger partial charge in [0.2, 0.25) is 5.91 Å². The maximum atomic E-state index is 12.2. The molecular formula is C13H22N4O. The zero-order valence-corrected chi connectivity index (χ0v) is 11.4. The van der Waals surface area contributed by atoms with Crippen LogP contribution in [0.15, 0.2) is 6.20 Å². The lowest BCUT2D eigenvalue weighted by atomic mass is 9.92. The van der Waals surface area contributed by atoms with Gasteiger partial charge in [-0.25, -0.2) is 0 Å². The number of nitrogens with zero attached hydrogens (tertiary/aromatic N) is 2. The molecule has 5 heteroatoms. The quantitative estimate of drug-likeness (QED) is 0.850. The number of rotatable bonds is 3. The molecule has 2 atom stereocenters. The lowest BCUT2D eigenvalue weighted by Gasteiger charge is -2.28. The van der Waals surface area contributed by atoms with Crippen molar-refractivity contribution in [2.75, 3.05) is 11.9 Å². The van der Waals surface area contributed by atoms with Crippen LogP contribution in [0.2, 0.25) is 0 Å². The number of carbonyl (C=O) groups is 1. The van der Waals surface area contributed by atoms with E-state index < -0.39 is 0 Å². The van der Waals surface area contributed by atoms with E-state index in [9.17, 15) is 4.79 Å². The lowest BCUT2D eigenvalue weighted by Crippen LogP contribution is -2.48. The van der Waals surface area contributed by atoms with Crippen LogP contribution in [0.25, 0.3) is 0 Å². The Morgan fingerprint density at radius 1 is 1.67 bits per heavy atom. The molecule has 0 saturated carbocycles. The summed E-state index contributed by atoms with van der Waals surface area (Å²) in [6.07, 6.45) is 4.95. The molecule has 2 rings (SSSR count). The zero-order valence-electron chi connectivity index (χ0n) is 11.4. The van der Waals surface area contributed by atoms with E-state index in [4.69, 9.17) is 0 Å². The Labute approximate surface area is 108 Å². The number of hydrogen-bond donors (Lipinski definition) is 2. The molecule has 0 spiro atoms. The third kappa shape index (κ3) is 2.72. The summed E-state index contributed by atoms with van der Waals surface area (Å²) < 4.78 is 1.74. The summed E-state index contributed by atoms with van der Waals surface area (Å²) in [5.74, 6) is 0.449. The standard InChI is InChI=1S/C13H22N4O/c1-4-10-11(8-17(3)16-10)15-13(18)12-9(2)6-5-7-14-12/h8-9,12,14H,4-7H2,1-3H3,(H,15,18). The van der Waals surface area contributed by atoms with E-state index in [1.165, 1.54) is 0 Å². The molecule has 0 bridgehead atoms. The van der Waals surface area contributed by atoms with Crippen LogP contribution >= 0.6 is 0 Å². The summed E-state index contributed by atoms with van der Waals surface area (Å²) in [5.41, 5.74) is 1.78. The van der Waals surface area contributed by atoms with Crippen LogP contribution in [0.4, 0.5) is 5.69 Å². The molecule has 1 fully saturated rings. The van der Waals surface area contributed by atoms with Crippen molar-refractivity contribution in [1.82, 2.24) is 15.1 Å². The van der Waals surface area contributed by atoms with Crippen molar-refractivity contribution < 1.29 is 4.79 Å². The van der Waals surface area contributed by atoms with Gasteiger partial charge in [0, 0.05) is 13.2 Å². The number of nitrogens with one attached hydrogen (secondary N) is 2. The summed E-state index contributed by atoms with van der Waals surface area (Å²) >= 11 is 0. The van der Waals surface area contributed by atoms with Gasteiger partial charge in [0.05, 0.1) is 17.4 Å². The summed E-state index contributed by atoms with van der Waals surface area (Å²) in [4.78, 5) is 12.2. The third-order valence-corrected chi connectivity index (χ3v) is 3.55. The fourth-order valence-electron chi connectivity index (χ4n) is 2.51. The second-order valence-electron chi connectivity index (χ2n) is 5.06. The van der Waals surface area contributed by atoms with Gasteiger partial charge in [-0.05, 0) is 31.7 Å². The molecular weight excluding hydrogens is 228 g/mol. The molecule has 0 aromatic carbocycles. The summed E-state index contributed by atoms with van der Waals surface area (Å²) in [6, 6.07) is -0.0799. The minimum Gasteiger partial charge on any atom is -0.322 e. The SMILES string of the molecule is CCc1nn(C)cc1NC(=O)C1NCCCC1C. The van der Waals surface area contributed by atoms with E-state index in [1.54, 1.807) is 4.68 Å². The second kappa shape index (κ2) is 5.52. The molecule has 0 aliphatic carbocycles. The average molecular weight is 250 g/mol. The molecule has 1 amide bonds. The molecule has 1 aliphatic rings. The largest absolute Gasteiger partial charge is 0.322 e. The van der Waals surface area contributed by atoms with E-state index in [0.717, 1.165) is 37.2 Å². The Hall–Kier alpha value is -1.36. The van der Waals surface area contributed by atoms with Gasteiger partial charge in [-0.1, -0.05) is 13.8 Å². The van der Waals surface area contributed by atoms with E-state index >= 15 is 0 Å². The highest BCUT2D eigenvalue weighted by atomic mass is 16.2. The molecule has 2 heterocycles. The molecule has 1 aliphatic heterocycles. The predicted octanol–water partition coefficient (Wildman–Crippen LogP) is 1.31. The average Bonchev–Trinajstić information content (AvgIpc) is 2.70. The van der Waals surface area contributed by atoms with E-state index in [2.05, 4.69) is 22.7 Å². The van der Waals surface area contributed by atoms with Gasteiger partial charge >= 0.3 is 0 Å². The molecule has 0 radical (unpaired) electrons. The highest BCUT2D eigenvalue weighted by Crippen LogP contribution is 2.19. The molecule has 1 aromatic heterocycles. The molecule has 5 nitrogen and oxygen atoms in total. The van der Waals surface area contributed by atoms with Crippen molar-refractivity contribution in [3.8, 4) is 0 Å². The molecule has 2 N–H and O–H groups in total. The monoisotopic (exact) mass is 250 g/mol. The van der Waals surface area contributed by atoms with Gasteiger partial charge in [-0.15, -0.1) is 0 Å². The smallest absolute Gasteiger partial charge is 0.241 e. The van der Waals surface area contributed by atoms with Gasteiger partial charge < -0.3 is 10.6 Å². The minimum absolute atomic E-state index is 0.0601. The molecule has 2 unspecified atom stereocenters. The first kappa shape index (κ1) is 13.1. The van der Waals surface area contributed by atoms with Gasteiger partial charge in [-0.2, -0.15) is 5.10 Å². The number of piperidine rings is 1. The van der Waals surface area contributed by atoms with Crippen LogP contribution in [0, 0.1) is 5.92 Å². The number of aromatic nitrogens is 2. The topological polar surface area (TPSA) is 59.0 Å². The first-order valence-electron chi connectivity index (χ1n) is 6.68. The van der Waals surface area contributed by atoms with Gasteiger partial charge in [-0.3, -0.25) is 9.48 Å². The molecule has 1 saturated heterocycles. The molecule has 18 heavy (non-hydrogen) atoms. The van der Waals surface area contributed by atoms with E-state index in [0.29, 0.717) is 5.92 Å². The Kier molecular flexibility index (Phi) is 4.01. The normalized spacial score (nSPS) is 23.9. The maximum absolute atomic E-state index is 12.2. The fourth-order valence-corrected chi connectivity index (χ4v) is 2.51. The molecule has 100 valence electrons. The number of hydrogen-bond acceptors (Lipinski definition) is 3. The van der Waals surface area contributed by atoms with Gasteiger partial charge in [0.15, 0.2) is 0 Å². The van der Waals surface area contributed by atoms with Gasteiger partial charge in [0.25, 0.3) is 0 Å². The van der Waals surface area contributed by atoms with Gasteiger partial charge in [0.1, 0.15) is 0 Å². The minimum atomic E-state index is -0.0799. The van der Waals surface area contributed by atoms with E-state index in [1.807, 2.05) is 20.2 Å². The van der Waals surface area contributed by atoms with Crippen LogP contribution in [0.5, 0.6) is 0 Å². The summed E-state index contributed by atoms with van der Waals surface area (Å²) in [5, 5.41) is 10.6. The van der Waals surface area contributed by atoms with Crippen molar-refractivity contribution in [3.63, 3.8) is 0 Å². The van der Waals surface area contributed by atoms with Crippen molar-refractivity contribution in [2.24, 2.45) is 13.0 Å².